The third-order valence-corrected chi connectivity index (χ3v) is 2.54. The van der Waals surface area contributed by atoms with Crippen LogP contribution in [0.2, 0.25) is 0 Å². The highest BCUT2D eigenvalue weighted by Crippen LogP contribution is 2.21. The fourth-order valence-electron chi connectivity index (χ4n) is 0.948. The average molecular weight is 200 g/mol. The molecule has 0 bridgehead atoms. The van der Waals surface area contributed by atoms with Crippen LogP contribution >= 0.6 is 11.8 Å². The first-order valence-corrected chi connectivity index (χ1v) is 5.40. The Morgan fingerprint density at radius 3 is 3.00 bits per heavy atom. The van der Waals surface area contributed by atoms with E-state index in [1.165, 1.54) is 0 Å². The van der Waals surface area contributed by atoms with Crippen molar-refractivity contribution in [3.63, 3.8) is 0 Å². The van der Waals surface area contributed by atoms with Crippen LogP contribution in [-0.2, 0) is 0 Å². The minimum Gasteiger partial charge on any atom is -0.440 e. The molecule has 1 unspecified atom stereocenters. The zero-order chi connectivity index (χ0) is 9.68. The van der Waals surface area contributed by atoms with E-state index in [-0.39, 0.29) is 0 Å². The molecule has 4 heteroatoms. The number of rotatable bonds is 5. The SMILES string of the molecule is CCNCC(C)Sc1nc(C)co1. The Morgan fingerprint density at radius 2 is 2.46 bits per heavy atom. The number of aromatic nitrogens is 1. The van der Waals surface area contributed by atoms with Crippen molar-refractivity contribution >= 4 is 11.8 Å². The van der Waals surface area contributed by atoms with Crippen LogP contribution < -0.4 is 5.32 Å². The molecule has 1 atom stereocenters. The molecule has 0 aliphatic rings. The average Bonchev–Trinajstić information content (AvgIpc) is 2.48. The summed E-state index contributed by atoms with van der Waals surface area (Å²) in [6.07, 6.45) is 1.68. The molecule has 0 aliphatic carbocycles. The van der Waals surface area contributed by atoms with Crippen LogP contribution in [0.15, 0.2) is 15.9 Å². The maximum absolute atomic E-state index is 5.24. The van der Waals surface area contributed by atoms with E-state index < -0.39 is 0 Å². The van der Waals surface area contributed by atoms with Gasteiger partial charge in [-0.1, -0.05) is 25.6 Å². The van der Waals surface area contributed by atoms with Gasteiger partial charge in [0.05, 0.1) is 5.69 Å². The Labute approximate surface area is 83.3 Å². The number of oxazole rings is 1. The van der Waals surface area contributed by atoms with E-state index >= 15 is 0 Å². The number of hydrogen-bond acceptors (Lipinski definition) is 4. The molecule has 0 amide bonds. The van der Waals surface area contributed by atoms with Crippen molar-refractivity contribution < 1.29 is 4.42 Å². The summed E-state index contributed by atoms with van der Waals surface area (Å²) in [4.78, 5) is 4.23. The predicted molar refractivity (Wildman–Crippen MR) is 55.1 cm³/mol. The quantitative estimate of drug-likeness (QED) is 0.738. The molecule has 0 radical (unpaired) electrons. The monoisotopic (exact) mass is 200 g/mol. The van der Waals surface area contributed by atoms with E-state index in [4.69, 9.17) is 4.42 Å². The third-order valence-electron chi connectivity index (χ3n) is 1.58. The molecule has 0 saturated carbocycles. The van der Waals surface area contributed by atoms with E-state index in [0.29, 0.717) is 5.25 Å². The van der Waals surface area contributed by atoms with Gasteiger partial charge in [-0.25, -0.2) is 4.98 Å². The molecule has 0 saturated heterocycles. The Bertz CT molecular complexity index is 250. The van der Waals surface area contributed by atoms with Gasteiger partial charge in [0.1, 0.15) is 6.26 Å². The summed E-state index contributed by atoms with van der Waals surface area (Å²) in [6.45, 7) is 8.19. The second kappa shape index (κ2) is 5.29. The molecule has 1 rings (SSSR count). The first-order chi connectivity index (χ1) is 6.22. The lowest BCUT2D eigenvalue weighted by molar-refractivity contribution is 0.452. The Morgan fingerprint density at radius 1 is 1.69 bits per heavy atom. The van der Waals surface area contributed by atoms with Crippen LogP contribution in [-0.4, -0.2) is 23.3 Å². The zero-order valence-electron chi connectivity index (χ0n) is 8.33. The lowest BCUT2D eigenvalue weighted by atomic mass is 10.5. The minimum absolute atomic E-state index is 0.498. The summed E-state index contributed by atoms with van der Waals surface area (Å²) < 4.78 is 5.24. The molecule has 0 spiro atoms. The number of aryl methyl sites for hydroxylation is 1. The second-order valence-corrected chi connectivity index (χ2v) is 4.38. The van der Waals surface area contributed by atoms with Crippen molar-refractivity contribution in [3.05, 3.63) is 12.0 Å². The highest BCUT2D eigenvalue weighted by Gasteiger charge is 2.07. The fraction of sp³-hybridized carbons (Fsp3) is 0.667. The van der Waals surface area contributed by atoms with Gasteiger partial charge in [-0.15, -0.1) is 0 Å². The molecule has 0 aromatic carbocycles. The summed E-state index contributed by atoms with van der Waals surface area (Å²) >= 11 is 1.66. The first-order valence-electron chi connectivity index (χ1n) is 4.52. The molecule has 0 fully saturated rings. The Balaban J connectivity index is 2.31. The number of hydrogen-bond donors (Lipinski definition) is 1. The number of nitrogens with zero attached hydrogens (tertiary/aromatic N) is 1. The molecule has 1 aromatic heterocycles. The molecule has 13 heavy (non-hydrogen) atoms. The van der Waals surface area contributed by atoms with Crippen molar-refractivity contribution in [1.29, 1.82) is 0 Å². The van der Waals surface area contributed by atoms with Crippen LogP contribution in [0.3, 0.4) is 0 Å². The van der Waals surface area contributed by atoms with Crippen molar-refractivity contribution in [2.24, 2.45) is 0 Å². The molecule has 1 N–H and O–H groups in total. The van der Waals surface area contributed by atoms with Gasteiger partial charge in [0, 0.05) is 11.8 Å². The summed E-state index contributed by atoms with van der Waals surface area (Å²) in [6, 6.07) is 0. The summed E-state index contributed by atoms with van der Waals surface area (Å²) in [7, 11) is 0. The smallest absolute Gasteiger partial charge is 0.256 e. The summed E-state index contributed by atoms with van der Waals surface area (Å²) in [5, 5.41) is 4.55. The Kier molecular flexibility index (Phi) is 4.32. The highest BCUT2D eigenvalue weighted by molar-refractivity contribution is 7.99. The third kappa shape index (κ3) is 3.83. The minimum atomic E-state index is 0.498. The first kappa shape index (κ1) is 10.6. The highest BCUT2D eigenvalue weighted by atomic mass is 32.2. The Hall–Kier alpha value is -0.480. The molecule has 1 aromatic rings. The van der Waals surface area contributed by atoms with Crippen molar-refractivity contribution in [2.45, 2.75) is 31.2 Å². The van der Waals surface area contributed by atoms with Gasteiger partial charge in [-0.2, -0.15) is 0 Å². The van der Waals surface area contributed by atoms with Crippen LogP contribution in [0.5, 0.6) is 0 Å². The predicted octanol–water partition coefficient (Wildman–Crippen LogP) is 2.07. The maximum Gasteiger partial charge on any atom is 0.256 e. The van der Waals surface area contributed by atoms with Gasteiger partial charge in [0.25, 0.3) is 5.22 Å². The van der Waals surface area contributed by atoms with Crippen molar-refractivity contribution in [1.82, 2.24) is 10.3 Å². The lowest BCUT2D eigenvalue weighted by Gasteiger charge is -2.07. The van der Waals surface area contributed by atoms with Crippen LogP contribution in [0.4, 0.5) is 0 Å². The molecule has 3 nitrogen and oxygen atoms in total. The fourth-order valence-corrected chi connectivity index (χ4v) is 1.79. The van der Waals surface area contributed by atoms with Crippen molar-refractivity contribution in [3.8, 4) is 0 Å². The molecule has 1 heterocycles. The lowest BCUT2D eigenvalue weighted by Crippen LogP contribution is -2.22. The van der Waals surface area contributed by atoms with Crippen LogP contribution in [0.25, 0.3) is 0 Å². The van der Waals surface area contributed by atoms with Crippen molar-refractivity contribution in [2.75, 3.05) is 13.1 Å². The molecule has 0 aliphatic heterocycles. The molecular formula is C9H16N2OS. The van der Waals surface area contributed by atoms with Gasteiger partial charge in [0.2, 0.25) is 0 Å². The van der Waals surface area contributed by atoms with Gasteiger partial charge in [0.15, 0.2) is 0 Å². The number of nitrogens with one attached hydrogen (secondary N) is 1. The largest absolute Gasteiger partial charge is 0.440 e. The van der Waals surface area contributed by atoms with E-state index in [1.54, 1.807) is 18.0 Å². The standard InChI is InChI=1S/C9H16N2OS/c1-4-10-5-8(3)13-9-11-7(2)6-12-9/h6,8,10H,4-5H2,1-3H3. The topological polar surface area (TPSA) is 38.1 Å². The van der Waals surface area contributed by atoms with Gasteiger partial charge in [-0.3, -0.25) is 0 Å². The second-order valence-electron chi connectivity index (χ2n) is 2.99. The molecular weight excluding hydrogens is 184 g/mol. The van der Waals surface area contributed by atoms with Gasteiger partial charge in [-0.05, 0) is 13.5 Å². The van der Waals surface area contributed by atoms with Crippen LogP contribution in [0, 0.1) is 6.92 Å². The zero-order valence-corrected chi connectivity index (χ0v) is 9.15. The van der Waals surface area contributed by atoms with E-state index in [2.05, 4.69) is 24.1 Å². The van der Waals surface area contributed by atoms with E-state index in [9.17, 15) is 0 Å². The van der Waals surface area contributed by atoms with Gasteiger partial charge >= 0.3 is 0 Å². The van der Waals surface area contributed by atoms with E-state index in [1.807, 2.05) is 6.92 Å². The van der Waals surface area contributed by atoms with Crippen LogP contribution in [0.1, 0.15) is 19.5 Å². The summed E-state index contributed by atoms with van der Waals surface area (Å²) in [5.74, 6) is 0. The molecule has 74 valence electrons. The van der Waals surface area contributed by atoms with Gasteiger partial charge < -0.3 is 9.73 Å². The summed E-state index contributed by atoms with van der Waals surface area (Å²) in [5.41, 5.74) is 0.943. The van der Waals surface area contributed by atoms with E-state index in [0.717, 1.165) is 24.0 Å². The normalized spacial score (nSPS) is 13.2. The maximum atomic E-state index is 5.24. The number of thioether (sulfide) groups is 1.